The Labute approximate surface area is 70.4 Å². The highest BCUT2D eigenvalue weighted by atomic mass is 14.6. The van der Waals surface area contributed by atoms with Gasteiger partial charge in [-0.3, -0.25) is 0 Å². The van der Waals surface area contributed by atoms with Gasteiger partial charge in [-0.2, -0.15) is 0 Å². The molecule has 11 heavy (non-hydrogen) atoms. The van der Waals surface area contributed by atoms with E-state index in [4.69, 9.17) is 0 Å². The van der Waals surface area contributed by atoms with E-state index in [1.807, 2.05) is 0 Å². The molecular weight excluding hydrogens is 132 g/mol. The van der Waals surface area contributed by atoms with Crippen molar-refractivity contribution in [2.24, 2.45) is 35.5 Å². The van der Waals surface area contributed by atoms with Crippen LogP contribution in [0.4, 0.5) is 0 Å². The van der Waals surface area contributed by atoms with Gasteiger partial charge < -0.3 is 0 Å². The van der Waals surface area contributed by atoms with Crippen molar-refractivity contribution in [1.82, 2.24) is 0 Å². The van der Waals surface area contributed by atoms with E-state index in [9.17, 15) is 0 Å². The molecular formula is C11H20. The SMILES string of the molecule is CC1C(C)[C@@H]2[C@H](C)C[C@@H]2C1C. The first-order valence-electron chi connectivity index (χ1n) is 5.13. The topological polar surface area (TPSA) is 0 Å². The Hall–Kier alpha value is 0. The standard InChI is InChI=1S/C11H20/c1-6-5-10-8(3)7(2)9(4)11(6)10/h6-11H,5H2,1-4H3/t6-,7?,8?,9?,10-,11+/m1/s1. The Kier molecular flexibility index (Phi) is 1.56. The Morgan fingerprint density at radius 1 is 0.818 bits per heavy atom. The fourth-order valence-corrected chi connectivity index (χ4v) is 3.66. The van der Waals surface area contributed by atoms with Gasteiger partial charge in [0.2, 0.25) is 0 Å². The van der Waals surface area contributed by atoms with E-state index >= 15 is 0 Å². The summed E-state index contributed by atoms with van der Waals surface area (Å²) in [5, 5.41) is 0. The second-order valence-corrected chi connectivity index (χ2v) is 5.03. The zero-order chi connectivity index (χ0) is 8.17. The predicted molar refractivity (Wildman–Crippen MR) is 48.3 cm³/mol. The summed E-state index contributed by atoms with van der Waals surface area (Å²) in [5.41, 5.74) is 0. The van der Waals surface area contributed by atoms with Gasteiger partial charge in [0.25, 0.3) is 0 Å². The van der Waals surface area contributed by atoms with Crippen LogP contribution in [0, 0.1) is 35.5 Å². The van der Waals surface area contributed by atoms with Crippen molar-refractivity contribution in [3.8, 4) is 0 Å². The monoisotopic (exact) mass is 152 g/mol. The van der Waals surface area contributed by atoms with E-state index in [1.54, 1.807) is 0 Å². The van der Waals surface area contributed by atoms with Crippen LogP contribution in [0.15, 0.2) is 0 Å². The van der Waals surface area contributed by atoms with Gasteiger partial charge in [0.1, 0.15) is 0 Å². The molecule has 3 unspecified atom stereocenters. The second-order valence-electron chi connectivity index (χ2n) is 5.03. The maximum Gasteiger partial charge on any atom is -0.0329 e. The van der Waals surface area contributed by atoms with Crippen LogP contribution in [-0.2, 0) is 0 Å². The molecule has 0 aliphatic heterocycles. The van der Waals surface area contributed by atoms with Crippen LogP contribution in [0.5, 0.6) is 0 Å². The number of hydrogen-bond donors (Lipinski definition) is 0. The van der Waals surface area contributed by atoms with Crippen molar-refractivity contribution in [1.29, 1.82) is 0 Å². The van der Waals surface area contributed by atoms with Gasteiger partial charge in [0.15, 0.2) is 0 Å². The molecule has 0 saturated heterocycles. The lowest BCUT2D eigenvalue weighted by molar-refractivity contribution is 0.0700. The highest BCUT2D eigenvalue weighted by Gasteiger charge is 2.52. The van der Waals surface area contributed by atoms with Crippen LogP contribution in [0.2, 0.25) is 0 Å². The van der Waals surface area contributed by atoms with Crippen LogP contribution in [0.3, 0.4) is 0 Å². The molecule has 2 aliphatic rings. The summed E-state index contributed by atoms with van der Waals surface area (Å²) < 4.78 is 0. The molecule has 64 valence electrons. The molecule has 2 rings (SSSR count). The Balaban J connectivity index is 2.15. The molecule has 0 N–H and O–H groups in total. The number of rotatable bonds is 0. The second kappa shape index (κ2) is 2.24. The third kappa shape index (κ3) is 0.816. The lowest BCUT2D eigenvalue weighted by Crippen LogP contribution is -2.35. The van der Waals surface area contributed by atoms with E-state index in [-0.39, 0.29) is 0 Å². The van der Waals surface area contributed by atoms with Gasteiger partial charge in [-0.1, -0.05) is 27.7 Å². The Morgan fingerprint density at radius 2 is 1.45 bits per heavy atom. The summed E-state index contributed by atoms with van der Waals surface area (Å²) in [6.07, 6.45) is 1.51. The highest BCUT2D eigenvalue weighted by Crippen LogP contribution is 2.58. The third-order valence-electron chi connectivity index (χ3n) is 4.74. The molecule has 2 saturated carbocycles. The zero-order valence-electron chi connectivity index (χ0n) is 8.17. The first kappa shape index (κ1) is 7.64. The van der Waals surface area contributed by atoms with Gasteiger partial charge >= 0.3 is 0 Å². The van der Waals surface area contributed by atoms with E-state index in [2.05, 4.69) is 27.7 Å². The minimum Gasteiger partial charge on any atom is -0.0622 e. The molecule has 0 nitrogen and oxygen atoms in total. The normalized spacial score (nSPS) is 62.2. The van der Waals surface area contributed by atoms with Crippen molar-refractivity contribution >= 4 is 0 Å². The molecule has 6 atom stereocenters. The summed E-state index contributed by atoms with van der Waals surface area (Å²) in [7, 11) is 0. The molecule has 0 aromatic rings. The van der Waals surface area contributed by atoms with Gasteiger partial charge in [0, 0.05) is 0 Å². The number of hydrogen-bond acceptors (Lipinski definition) is 0. The summed E-state index contributed by atoms with van der Waals surface area (Å²) in [5.74, 6) is 6.19. The zero-order valence-corrected chi connectivity index (χ0v) is 8.17. The van der Waals surface area contributed by atoms with Crippen molar-refractivity contribution in [3.63, 3.8) is 0 Å². The van der Waals surface area contributed by atoms with Crippen molar-refractivity contribution < 1.29 is 0 Å². The minimum absolute atomic E-state index is 0.981. The average molecular weight is 152 g/mol. The lowest BCUT2D eigenvalue weighted by atomic mass is 9.63. The van der Waals surface area contributed by atoms with E-state index < -0.39 is 0 Å². The Bertz CT molecular complexity index is 151. The van der Waals surface area contributed by atoms with Crippen LogP contribution in [0.1, 0.15) is 34.1 Å². The van der Waals surface area contributed by atoms with Gasteiger partial charge in [-0.15, -0.1) is 0 Å². The maximum absolute atomic E-state index is 2.46. The van der Waals surface area contributed by atoms with Crippen LogP contribution >= 0.6 is 0 Å². The molecule has 0 radical (unpaired) electrons. The van der Waals surface area contributed by atoms with Crippen LogP contribution < -0.4 is 0 Å². The lowest BCUT2D eigenvalue weighted by Gasteiger charge is -2.42. The smallest absolute Gasteiger partial charge is 0.0329 e. The third-order valence-corrected chi connectivity index (χ3v) is 4.74. The van der Waals surface area contributed by atoms with Crippen molar-refractivity contribution in [2.45, 2.75) is 34.1 Å². The van der Waals surface area contributed by atoms with Crippen LogP contribution in [-0.4, -0.2) is 0 Å². The summed E-state index contributed by atoms with van der Waals surface area (Å²) in [4.78, 5) is 0. The quantitative estimate of drug-likeness (QED) is 0.500. The maximum atomic E-state index is 2.46. The first-order valence-corrected chi connectivity index (χ1v) is 5.13. The molecule has 0 spiro atoms. The van der Waals surface area contributed by atoms with Gasteiger partial charge in [-0.25, -0.2) is 0 Å². The fraction of sp³-hybridized carbons (Fsp3) is 1.00. The highest BCUT2D eigenvalue weighted by molar-refractivity contribution is 5.00. The largest absolute Gasteiger partial charge is 0.0622 e. The molecule has 2 fully saturated rings. The summed E-state index contributed by atoms with van der Waals surface area (Å²) in [6, 6.07) is 0. The molecule has 0 aromatic carbocycles. The number of fused-ring (bicyclic) bond motifs is 1. The van der Waals surface area contributed by atoms with Gasteiger partial charge in [0.05, 0.1) is 0 Å². The fourth-order valence-electron chi connectivity index (χ4n) is 3.66. The van der Waals surface area contributed by atoms with E-state index in [0.29, 0.717) is 0 Å². The molecule has 2 aliphatic carbocycles. The summed E-state index contributed by atoms with van der Waals surface area (Å²) >= 11 is 0. The molecule has 0 amide bonds. The Morgan fingerprint density at radius 3 is 1.82 bits per heavy atom. The van der Waals surface area contributed by atoms with Crippen molar-refractivity contribution in [3.05, 3.63) is 0 Å². The van der Waals surface area contributed by atoms with Gasteiger partial charge in [-0.05, 0) is 41.9 Å². The van der Waals surface area contributed by atoms with E-state index in [0.717, 1.165) is 35.5 Å². The van der Waals surface area contributed by atoms with E-state index in [1.165, 1.54) is 6.42 Å². The predicted octanol–water partition coefficient (Wildman–Crippen LogP) is 3.18. The molecule has 0 bridgehead atoms. The average Bonchev–Trinajstić information content (AvgIpc) is 2.10. The molecule has 0 heteroatoms. The molecule has 0 heterocycles. The van der Waals surface area contributed by atoms with Crippen molar-refractivity contribution in [2.75, 3.05) is 0 Å². The first-order chi connectivity index (χ1) is 5.13. The molecule has 0 aromatic heterocycles. The van der Waals surface area contributed by atoms with Crippen LogP contribution in [0.25, 0.3) is 0 Å². The summed E-state index contributed by atoms with van der Waals surface area (Å²) in [6.45, 7) is 9.79. The minimum atomic E-state index is 0.981.